The minimum Gasteiger partial charge on any atom is -0.352 e. The summed E-state index contributed by atoms with van der Waals surface area (Å²) < 4.78 is 17.1. The van der Waals surface area contributed by atoms with Crippen molar-refractivity contribution in [2.75, 3.05) is 0 Å². The van der Waals surface area contributed by atoms with Gasteiger partial charge in [0.05, 0.1) is 11.8 Å². The molecule has 0 bridgehead atoms. The molecule has 0 radical (unpaired) electrons. The van der Waals surface area contributed by atoms with E-state index in [1.54, 1.807) is 15.2 Å². The summed E-state index contributed by atoms with van der Waals surface area (Å²) in [7, 11) is 0. The largest absolute Gasteiger partial charge is 0.352 e. The van der Waals surface area contributed by atoms with E-state index in [1.165, 1.54) is 18.5 Å². The third kappa shape index (κ3) is 3.83. The SMILES string of the molecule is CC(C)NC(=O)Cn1c2ccc(F)cc2c2ncn(CCc3ccccc3)c(=O)c21. The number of carbonyl (C=O) groups is 1. The van der Waals surface area contributed by atoms with E-state index in [0.717, 1.165) is 5.56 Å². The number of fused-ring (bicyclic) bond motifs is 3. The number of benzene rings is 2. The van der Waals surface area contributed by atoms with Gasteiger partial charge in [0.1, 0.15) is 23.4 Å². The summed E-state index contributed by atoms with van der Waals surface area (Å²) in [4.78, 5) is 30.2. The van der Waals surface area contributed by atoms with Crippen LogP contribution in [0.15, 0.2) is 59.7 Å². The Morgan fingerprint density at radius 3 is 2.67 bits per heavy atom. The van der Waals surface area contributed by atoms with Crippen LogP contribution < -0.4 is 10.9 Å². The Kier molecular flexibility index (Phi) is 5.35. The topological polar surface area (TPSA) is 68.9 Å². The highest BCUT2D eigenvalue weighted by atomic mass is 19.1. The average Bonchev–Trinajstić information content (AvgIpc) is 3.01. The fourth-order valence-electron chi connectivity index (χ4n) is 3.70. The molecule has 0 spiro atoms. The van der Waals surface area contributed by atoms with Gasteiger partial charge in [-0.1, -0.05) is 30.3 Å². The molecule has 4 rings (SSSR count). The van der Waals surface area contributed by atoms with E-state index < -0.39 is 5.82 Å². The summed E-state index contributed by atoms with van der Waals surface area (Å²) in [5, 5.41) is 3.36. The van der Waals surface area contributed by atoms with Crippen molar-refractivity contribution < 1.29 is 9.18 Å². The molecule has 0 aliphatic rings. The zero-order valence-electron chi connectivity index (χ0n) is 16.9. The van der Waals surface area contributed by atoms with Crippen LogP contribution >= 0.6 is 0 Å². The fourth-order valence-corrected chi connectivity index (χ4v) is 3.70. The van der Waals surface area contributed by atoms with Crippen LogP contribution in [0.5, 0.6) is 0 Å². The molecular formula is C23H23FN4O2. The van der Waals surface area contributed by atoms with Crippen molar-refractivity contribution in [2.45, 2.75) is 39.4 Å². The first-order valence-electron chi connectivity index (χ1n) is 9.94. The highest BCUT2D eigenvalue weighted by molar-refractivity contribution is 6.06. The lowest BCUT2D eigenvalue weighted by molar-refractivity contribution is -0.122. The lowest BCUT2D eigenvalue weighted by Gasteiger charge is -2.11. The summed E-state index contributed by atoms with van der Waals surface area (Å²) in [5.41, 5.74) is 2.19. The standard InChI is InChI=1S/C23H23FN4O2/c1-15(2)26-20(29)13-28-19-9-8-17(24)12-18(19)21-22(28)23(30)27(14-25-21)11-10-16-6-4-3-5-7-16/h3-9,12,14-15H,10-11,13H2,1-2H3,(H,26,29). The highest BCUT2D eigenvalue weighted by Crippen LogP contribution is 2.26. The van der Waals surface area contributed by atoms with Gasteiger partial charge in [0.25, 0.3) is 5.56 Å². The van der Waals surface area contributed by atoms with Gasteiger partial charge in [-0.2, -0.15) is 0 Å². The highest BCUT2D eigenvalue weighted by Gasteiger charge is 2.19. The molecule has 0 unspecified atom stereocenters. The van der Waals surface area contributed by atoms with Gasteiger partial charge in [0.15, 0.2) is 0 Å². The second-order valence-corrected chi connectivity index (χ2v) is 7.65. The second kappa shape index (κ2) is 8.10. The summed E-state index contributed by atoms with van der Waals surface area (Å²) in [6.45, 7) is 4.16. The Morgan fingerprint density at radius 1 is 1.17 bits per heavy atom. The van der Waals surface area contributed by atoms with E-state index in [-0.39, 0.29) is 24.1 Å². The number of hydrogen-bond acceptors (Lipinski definition) is 3. The minimum atomic E-state index is -0.414. The van der Waals surface area contributed by atoms with Gasteiger partial charge < -0.3 is 9.88 Å². The van der Waals surface area contributed by atoms with Gasteiger partial charge in [-0.25, -0.2) is 9.37 Å². The maximum Gasteiger partial charge on any atom is 0.277 e. The van der Waals surface area contributed by atoms with Gasteiger partial charge in [-0.3, -0.25) is 14.2 Å². The number of hydrogen-bond donors (Lipinski definition) is 1. The molecule has 2 aromatic heterocycles. The van der Waals surface area contributed by atoms with Gasteiger partial charge >= 0.3 is 0 Å². The van der Waals surface area contributed by atoms with Crippen molar-refractivity contribution in [1.82, 2.24) is 19.4 Å². The summed E-state index contributed by atoms with van der Waals surface area (Å²) in [5.74, 6) is -0.629. The van der Waals surface area contributed by atoms with Crippen LogP contribution in [0.3, 0.4) is 0 Å². The first kappa shape index (κ1) is 19.8. The summed E-state index contributed by atoms with van der Waals surface area (Å²) in [6.07, 6.45) is 2.17. The number of nitrogens with one attached hydrogen (secondary N) is 1. The lowest BCUT2D eigenvalue weighted by Crippen LogP contribution is -2.34. The van der Waals surface area contributed by atoms with Crippen molar-refractivity contribution in [2.24, 2.45) is 0 Å². The molecule has 0 atom stereocenters. The molecule has 2 aromatic carbocycles. The van der Waals surface area contributed by atoms with Crippen molar-refractivity contribution in [3.63, 3.8) is 0 Å². The maximum atomic E-state index is 13.9. The van der Waals surface area contributed by atoms with Gasteiger partial charge in [-0.15, -0.1) is 0 Å². The zero-order chi connectivity index (χ0) is 21.3. The van der Waals surface area contributed by atoms with Gasteiger partial charge in [-0.05, 0) is 44.0 Å². The monoisotopic (exact) mass is 406 g/mol. The number of aromatic nitrogens is 3. The van der Waals surface area contributed by atoms with E-state index in [9.17, 15) is 14.0 Å². The van der Waals surface area contributed by atoms with E-state index in [4.69, 9.17) is 0 Å². The predicted molar refractivity (Wildman–Crippen MR) is 115 cm³/mol. The van der Waals surface area contributed by atoms with Crippen LogP contribution in [-0.4, -0.2) is 26.1 Å². The van der Waals surface area contributed by atoms with E-state index in [2.05, 4.69) is 10.3 Å². The minimum absolute atomic E-state index is 0.0244. The van der Waals surface area contributed by atoms with E-state index >= 15 is 0 Å². The molecule has 4 aromatic rings. The lowest BCUT2D eigenvalue weighted by atomic mass is 10.1. The molecule has 1 N–H and O–H groups in total. The Labute approximate surface area is 173 Å². The Balaban J connectivity index is 1.81. The predicted octanol–water partition coefficient (Wildman–Crippen LogP) is 3.26. The molecule has 6 nitrogen and oxygen atoms in total. The first-order valence-corrected chi connectivity index (χ1v) is 9.94. The number of rotatable bonds is 6. The molecule has 7 heteroatoms. The molecular weight excluding hydrogens is 383 g/mol. The number of nitrogens with zero attached hydrogens (tertiary/aromatic N) is 3. The zero-order valence-corrected chi connectivity index (χ0v) is 16.9. The maximum absolute atomic E-state index is 13.9. The quantitative estimate of drug-likeness (QED) is 0.534. The molecule has 0 aliphatic carbocycles. The number of amides is 1. The molecule has 30 heavy (non-hydrogen) atoms. The van der Waals surface area contributed by atoms with Crippen molar-refractivity contribution in [1.29, 1.82) is 0 Å². The van der Waals surface area contributed by atoms with Crippen molar-refractivity contribution in [3.05, 3.63) is 76.6 Å². The van der Waals surface area contributed by atoms with Crippen LogP contribution in [0.4, 0.5) is 4.39 Å². The molecule has 2 heterocycles. The molecule has 154 valence electrons. The van der Waals surface area contributed by atoms with E-state index in [0.29, 0.717) is 34.9 Å². The summed E-state index contributed by atoms with van der Waals surface area (Å²) >= 11 is 0. The van der Waals surface area contributed by atoms with Crippen LogP contribution in [0, 0.1) is 5.82 Å². The smallest absolute Gasteiger partial charge is 0.277 e. The number of aryl methyl sites for hydroxylation is 2. The van der Waals surface area contributed by atoms with Crippen LogP contribution in [0.1, 0.15) is 19.4 Å². The second-order valence-electron chi connectivity index (χ2n) is 7.65. The third-order valence-electron chi connectivity index (χ3n) is 5.02. The van der Waals surface area contributed by atoms with Gasteiger partial charge in [0, 0.05) is 18.0 Å². The fraction of sp³-hybridized carbons (Fsp3) is 0.261. The Morgan fingerprint density at radius 2 is 1.93 bits per heavy atom. The number of carbonyl (C=O) groups excluding carboxylic acids is 1. The van der Waals surface area contributed by atoms with Crippen molar-refractivity contribution in [3.8, 4) is 0 Å². The van der Waals surface area contributed by atoms with Crippen LogP contribution in [0.2, 0.25) is 0 Å². The van der Waals surface area contributed by atoms with Crippen molar-refractivity contribution >= 4 is 27.8 Å². The van der Waals surface area contributed by atoms with Gasteiger partial charge in [0.2, 0.25) is 5.91 Å². The van der Waals surface area contributed by atoms with Crippen LogP contribution in [0.25, 0.3) is 21.9 Å². The Hall–Kier alpha value is -3.48. The Bertz CT molecular complexity index is 1280. The molecule has 0 fully saturated rings. The molecule has 0 saturated carbocycles. The number of halogens is 1. The average molecular weight is 406 g/mol. The third-order valence-corrected chi connectivity index (χ3v) is 5.02. The molecule has 1 amide bonds. The molecule has 0 saturated heterocycles. The normalized spacial score (nSPS) is 11.5. The summed E-state index contributed by atoms with van der Waals surface area (Å²) in [6, 6.07) is 14.1. The first-order chi connectivity index (χ1) is 14.4. The molecule has 0 aliphatic heterocycles. The van der Waals surface area contributed by atoms with E-state index in [1.807, 2.05) is 44.2 Å². The van der Waals surface area contributed by atoms with Crippen LogP contribution in [-0.2, 0) is 24.3 Å².